The van der Waals surface area contributed by atoms with Crippen LogP contribution in [0, 0.1) is 0 Å². The van der Waals surface area contributed by atoms with Gasteiger partial charge in [-0.05, 0) is 67.8 Å². The van der Waals surface area contributed by atoms with E-state index in [0.29, 0.717) is 11.5 Å². The molecular formula is C27H35N3O4. The molecule has 0 spiro atoms. The Balaban J connectivity index is 1.73. The van der Waals surface area contributed by atoms with Crippen molar-refractivity contribution in [3.05, 3.63) is 42.0 Å². The van der Waals surface area contributed by atoms with Gasteiger partial charge in [0.2, 0.25) is 5.91 Å². The Morgan fingerprint density at radius 1 is 1.12 bits per heavy atom. The van der Waals surface area contributed by atoms with Crippen molar-refractivity contribution in [3.8, 4) is 28.5 Å². The van der Waals surface area contributed by atoms with Crippen LogP contribution in [0.15, 0.2) is 36.4 Å². The molecule has 7 heteroatoms. The number of aromatic amines is 1. The fraction of sp³-hybridized carbons (Fsp3) is 0.444. The van der Waals surface area contributed by atoms with Crippen LogP contribution in [-0.4, -0.2) is 55.9 Å². The number of likely N-dealkylation sites (tertiary alicyclic amines) is 1. The Labute approximate surface area is 201 Å². The molecule has 0 bridgehead atoms. The molecule has 2 aromatic carbocycles. The second kappa shape index (κ2) is 9.97. The Bertz CT molecular complexity index is 1170. The Kier molecular flexibility index (Phi) is 7.03. The third-order valence-electron chi connectivity index (χ3n) is 6.51. The predicted octanol–water partition coefficient (Wildman–Crippen LogP) is 4.91. The summed E-state index contributed by atoms with van der Waals surface area (Å²) in [5, 5.41) is 4.19. The number of amides is 1. The van der Waals surface area contributed by atoms with E-state index < -0.39 is 0 Å². The van der Waals surface area contributed by atoms with Crippen LogP contribution in [0.2, 0.25) is 0 Å². The van der Waals surface area contributed by atoms with Crippen LogP contribution < -0.4 is 19.5 Å². The zero-order valence-corrected chi connectivity index (χ0v) is 20.9. The van der Waals surface area contributed by atoms with Crippen molar-refractivity contribution in [1.82, 2.24) is 15.2 Å². The Morgan fingerprint density at radius 2 is 1.88 bits per heavy atom. The van der Waals surface area contributed by atoms with Gasteiger partial charge in [-0.25, -0.2) is 0 Å². The minimum absolute atomic E-state index is 0.0309. The second-order valence-corrected chi connectivity index (χ2v) is 9.28. The summed E-state index contributed by atoms with van der Waals surface area (Å²) in [5.41, 5.74) is 4.38. The van der Waals surface area contributed by atoms with Crippen molar-refractivity contribution in [2.75, 3.05) is 27.8 Å². The highest BCUT2D eigenvalue weighted by Gasteiger charge is 2.31. The zero-order chi connectivity index (χ0) is 24.4. The number of hydrogen-bond acceptors (Lipinski definition) is 5. The van der Waals surface area contributed by atoms with Gasteiger partial charge < -0.3 is 24.5 Å². The number of carbonyl (C=O) groups excluding carboxylic acids is 1. The molecule has 7 nitrogen and oxygen atoms in total. The number of H-pyrrole nitrogens is 1. The lowest BCUT2D eigenvalue weighted by Gasteiger charge is -2.39. The number of aromatic nitrogens is 1. The van der Waals surface area contributed by atoms with Crippen LogP contribution in [0.1, 0.15) is 45.1 Å². The van der Waals surface area contributed by atoms with Crippen molar-refractivity contribution in [1.29, 1.82) is 0 Å². The van der Waals surface area contributed by atoms with Gasteiger partial charge in [0.05, 0.1) is 26.0 Å². The van der Waals surface area contributed by atoms with Crippen LogP contribution >= 0.6 is 0 Å². The monoisotopic (exact) mass is 465 g/mol. The first-order valence-corrected chi connectivity index (χ1v) is 11.8. The first-order chi connectivity index (χ1) is 16.3. The van der Waals surface area contributed by atoms with Gasteiger partial charge in [-0.1, -0.05) is 13.8 Å². The number of ether oxygens (including phenoxy) is 3. The van der Waals surface area contributed by atoms with Gasteiger partial charge in [-0.3, -0.25) is 9.69 Å². The van der Waals surface area contributed by atoms with E-state index in [9.17, 15) is 4.79 Å². The van der Waals surface area contributed by atoms with E-state index in [-0.39, 0.29) is 24.1 Å². The van der Waals surface area contributed by atoms with E-state index in [1.807, 2.05) is 31.3 Å². The molecule has 1 fully saturated rings. The standard InChI is InChI=1S/C27H35N3O4/c1-16(2)25-20-15-19(34-27-22(28-17(3)31)8-7-13-30(27)4)10-11-21(20)29-26(25)18-9-12-23(32-5)24(14-18)33-6/h9-12,14-16,22,27,29H,7-8,13H2,1-6H3,(H,28,31). The molecule has 1 aliphatic rings. The predicted molar refractivity (Wildman–Crippen MR) is 135 cm³/mol. The van der Waals surface area contributed by atoms with Gasteiger partial charge in [0.1, 0.15) is 5.75 Å². The average Bonchev–Trinajstić information content (AvgIpc) is 3.19. The summed E-state index contributed by atoms with van der Waals surface area (Å²) in [6, 6.07) is 12.1. The van der Waals surface area contributed by atoms with E-state index in [2.05, 4.69) is 41.2 Å². The smallest absolute Gasteiger partial charge is 0.217 e. The molecule has 0 saturated carbocycles. The molecule has 1 aliphatic heterocycles. The molecule has 2 N–H and O–H groups in total. The van der Waals surface area contributed by atoms with Gasteiger partial charge in [-0.15, -0.1) is 0 Å². The van der Waals surface area contributed by atoms with Crippen LogP contribution in [-0.2, 0) is 4.79 Å². The van der Waals surface area contributed by atoms with Gasteiger partial charge in [-0.2, -0.15) is 0 Å². The van der Waals surface area contributed by atoms with Gasteiger partial charge in [0.25, 0.3) is 0 Å². The number of rotatable bonds is 7. The molecule has 1 amide bonds. The fourth-order valence-electron chi connectivity index (χ4n) is 4.94. The largest absolute Gasteiger partial charge is 0.493 e. The molecule has 182 valence electrons. The third-order valence-corrected chi connectivity index (χ3v) is 6.51. The van der Waals surface area contributed by atoms with Gasteiger partial charge in [0, 0.05) is 29.9 Å². The maximum absolute atomic E-state index is 11.7. The van der Waals surface area contributed by atoms with E-state index in [0.717, 1.165) is 47.3 Å². The molecule has 2 unspecified atom stereocenters. The summed E-state index contributed by atoms with van der Waals surface area (Å²) < 4.78 is 17.4. The highest BCUT2D eigenvalue weighted by molar-refractivity contribution is 5.92. The lowest BCUT2D eigenvalue weighted by molar-refractivity contribution is -0.122. The Hall–Kier alpha value is -3.19. The summed E-state index contributed by atoms with van der Waals surface area (Å²) in [6.45, 7) is 6.89. The molecule has 1 aromatic heterocycles. The lowest BCUT2D eigenvalue weighted by atomic mass is 9.96. The molecule has 2 heterocycles. The fourth-order valence-corrected chi connectivity index (χ4v) is 4.94. The van der Waals surface area contributed by atoms with Crippen molar-refractivity contribution in [3.63, 3.8) is 0 Å². The van der Waals surface area contributed by atoms with Crippen molar-refractivity contribution >= 4 is 16.8 Å². The van der Waals surface area contributed by atoms with Crippen molar-refractivity contribution in [2.45, 2.75) is 51.8 Å². The summed E-state index contributed by atoms with van der Waals surface area (Å²) >= 11 is 0. The number of carbonyl (C=O) groups is 1. The quantitative estimate of drug-likeness (QED) is 0.519. The summed E-state index contributed by atoms with van der Waals surface area (Å²) in [7, 11) is 5.33. The average molecular weight is 466 g/mol. The van der Waals surface area contributed by atoms with Crippen molar-refractivity contribution < 1.29 is 19.0 Å². The Morgan fingerprint density at radius 3 is 2.56 bits per heavy atom. The number of piperidine rings is 1. The summed E-state index contributed by atoms with van der Waals surface area (Å²) in [4.78, 5) is 17.5. The number of likely N-dealkylation sites (N-methyl/N-ethyl adjacent to an activating group) is 1. The van der Waals surface area contributed by atoms with Crippen LogP contribution in [0.25, 0.3) is 22.2 Å². The highest BCUT2D eigenvalue weighted by Crippen LogP contribution is 2.40. The molecule has 0 aliphatic carbocycles. The number of hydrogen-bond donors (Lipinski definition) is 2. The number of methoxy groups -OCH3 is 2. The zero-order valence-electron chi connectivity index (χ0n) is 20.9. The van der Waals surface area contributed by atoms with Gasteiger partial charge in [0.15, 0.2) is 17.7 Å². The van der Waals surface area contributed by atoms with E-state index >= 15 is 0 Å². The van der Waals surface area contributed by atoms with Crippen LogP contribution in [0.4, 0.5) is 0 Å². The lowest BCUT2D eigenvalue weighted by Crippen LogP contribution is -2.56. The number of nitrogens with one attached hydrogen (secondary N) is 2. The molecule has 34 heavy (non-hydrogen) atoms. The molecule has 2 atom stereocenters. The number of nitrogens with zero attached hydrogens (tertiary/aromatic N) is 1. The summed E-state index contributed by atoms with van der Waals surface area (Å²) in [5.74, 6) is 2.45. The van der Waals surface area contributed by atoms with Gasteiger partial charge >= 0.3 is 0 Å². The van der Waals surface area contributed by atoms with Crippen LogP contribution in [0.3, 0.4) is 0 Å². The SMILES string of the molecule is COc1ccc(-c2[nH]c3ccc(OC4C(NC(C)=O)CCCN4C)cc3c2C(C)C)cc1OC. The second-order valence-electron chi connectivity index (χ2n) is 9.28. The van der Waals surface area contributed by atoms with Crippen molar-refractivity contribution in [2.24, 2.45) is 0 Å². The van der Waals surface area contributed by atoms with E-state index in [4.69, 9.17) is 14.2 Å². The topological polar surface area (TPSA) is 75.8 Å². The molecule has 3 aromatic rings. The number of fused-ring (bicyclic) bond motifs is 1. The first kappa shape index (κ1) is 24.0. The van der Waals surface area contributed by atoms with Crippen LogP contribution in [0.5, 0.6) is 17.2 Å². The molecular weight excluding hydrogens is 430 g/mol. The minimum Gasteiger partial charge on any atom is -0.493 e. The highest BCUT2D eigenvalue weighted by atomic mass is 16.5. The molecule has 4 rings (SSSR count). The van der Waals surface area contributed by atoms with E-state index in [1.54, 1.807) is 21.1 Å². The third kappa shape index (κ3) is 4.71. The maximum Gasteiger partial charge on any atom is 0.217 e. The minimum atomic E-state index is -0.207. The maximum atomic E-state index is 11.7. The molecule has 0 radical (unpaired) electrons. The molecule has 1 saturated heterocycles. The number of benzene rings is 2. The van der Waals surface area contributed by atoms with E-state index in [1.165, 1.54) is 5.56 Å². The summed E-state index contributed by atoms with van der Waals surface area (Å²) in [6.07, 6.45) is 1.73. The normalized spacial score (nSPS) is 18.8. The first-order valence-electron chi connectivity index (χ1n) is 11.8.